The van der Waals surface area contributed by atoms with Crippen molar-refractivity contribution in [2.75, 3.05) is 16.8 Å². The van der Waals surface area contributed by atoms with Crippen LogP contribution in [0.15, 0.2) is 61.2 Å². The molecule has 7 nitrogen and oxygen atoms in total. The molecule has 0 atom stereocenters. The fourth-order valence-electron chi connectivity index (χ4n) is 2.71. The van der Waals surface area contributed by atoms with Gasteiger partial charge in [0.2, 0.25) is 5.91 Å². The van der Waals surface area contributed by atoms with Crippen LogP contribution >= 0.6 is 0 Å². The Labute approximate surface area is 162 Å². The summed E-state index contributed by atoms with van der Waals surface area (Å²) in [6.07, 6.45) is 3.67. The van der Waals surface area contributed by atoms with Gasteiger partial charge in [0, 0.05) is 5.69 Å². The van der Waals surface area contributed by atoms with Gasteiger partial charge in [-0.25, -0.2) is 22.5 Å². The summed E-state index contributed by atoms with van der Waals surface area (Å²) < 4.78 is 39.7. The van der Waals surface area contributed by atoms with Gasteiger partial charge in [0.25, 0.3) is 0 Å². The van der Waals surface area contributed by atoms with Crippen LogP contribution in [0.25, 0.3) is 5.69 Å². The number of rotatable bonds is 8. The predicted molar refractivity (Wildman–Crippen MR) is 103 cm³/mol. The van der Waals surface area contributed by atoms with E-state index in [4.69, 9.17) is 0 Å². The Morgan fingerprint density at radius 1 is 1.14 bits per heavy atom. The number of aromatic nitrogens is 3. The molecule has 28 heavy (non-hydrogen) atoms. The summed E-state index contributed by atoms with van der Waals surface area (Å²) in [5, 5.41) is 6.25. The van der Waals surface area contributed by atoms with E-state index in [0.717, 1.165) is 11.6 Å². The Bertz CT molecular complexity index is 1040. The highest BCUT2D eigenvalue weighted by Gasteiger charge is 2.17. The SMILES string of the molecule is O=C(CS(=O)(=O)CCCc1ccccc1)Nc1ccc(-n2cncn2)c(F)c1. The number of benzene rings is 2. The molecule has 1 amide bonds. The maximum atomic E-state index is 14.2. The molecule has 3 rings (SSSR count). The van der Waals surface area contributed by atoms with E-state index in [2.05, 4.69) is 15.4 Å². The van der Waals surface area contributed by atoms with E-state index in [1.807, 2.05) is 30.3 Å². The average Bonchev–Trinajstić information content (AvgIpc) is 3.16. The van der Waals surface area contributed by atoms with Crippen LogP contribution in [-0.2, 0) is 21.1 Å². The molecule has 0 radical (unpaired) electrons. The molecule has 1 heterocycles. The molecule has 2 aromatic carbocycles. The molecule has 0 saturated carbocycles. The van der Waals surface area contributed by atoms with Crippen molar-refractivity contribution in [3.8, 4) is 5.69 Å². The summed E-state index contributed by atoms with van der Waals surface area (Å²) in [5.74, 6) is -2.05. The molecule has 0 aliphatic heterocycles. The van der Waals surface area contributed by atoms with E-state index >= 15 is 0 Å². The topological polar surface area (TPSA) is 94.0 Å². The van der Waals surface area contributed by atoms with Gasteiger partial charge in [0.1, 0.15) is 24.1 Å². The molecule has 0 aliphatic rings. The maximum Gasteiger partial charge on any atom is 0.239 e. The average molecular weight is 402 g/mol. The van der Waals surface area contributed by atoms with Gasteiger partial charge >= 0.3 is 0 Å². The van der Waals surface area contributed by atoms with Crippen molar-refractivity contribution in [1.82, 2.24) is 14.8 Å². The lowest BCUT2D eigenvalue weighted by Gasteiger charge is -2.08. The second-order valence-corrected chi connectivity index (χ2v) is 8.42. The molecule has 0 bridgehead atoms. The van der Waals surface area contributed by atoms with Crippen molar-refractivity contribution in [1.29, 1.82) is 0 Å². The number of nitrogens with one attached hydrogen (secondary N) is 1. The Balaban J connectivity index is 1.53. The highest BCUT2D eigenvalue weighted by Crippen LogP contribution is 2.17. The minimum Gasteiger partial charge on any atom is -0.325 e. The van der Waals surface area contributed by atoms with Crippen LogP contribution in [0, 0.1) is 5.82 Å². The first-order chi connectivity index (χ1) is 13.4. The van der Waals surface area contributed by atoms with E-state index < -0.39 is 27.3 Å². The first-order valence-corrected chi connectivity index (χ1v) is 10.4. The van der Waals surface area contributed by atoms with Crippen LogP contribution in [0.4, 0.5) is 10.1 Å². The highest BCUT2D eigenvalue weighted by molar-refractivity contribution is 7.92. The van der Waals surface area contributed by atoms with Gasteiger partial charge in [-0.15, -0.1) is 0 Å². The highest BCUT2D eigenvalue weighted by atomic mass is 32.2. The van der Waals surface area contributed by atoms with Crippen molar-refractivity contribution in [2.24, 2.45) is 0 Å². The van der Waals surface area contributed by atoms with Crippen LogP contribution in [0.2, 0.25) is 0 Å². The number of anilines is 1. The number of nitrogens with zero attached hydrogens (tertiary/aromatic N) is 3. The quantitative estimate of drug-likeness (QED) is 0.624. The number of amides is 1. The summed E-state index contributed by atoms with van der Waals surface area (Å²) in [5.41, 5.74) is 1.39. The van der Waals surface area contributed by atoms with E-state index in [-0.39, 0.29) is 17.1 Å². The summed E-state index contributed by atoms with van der Waals surface area (Å²) in [6.45, 7) is 0. The van der Waals surface area contributed by atoms with E-state index in [1.54, 1.807) is 0 Å². The third-order valence-electron chi connectivity index (χ3n) is 4.01. The molecule has 0 saturated heterocycles. The fraction of sp³-hybridized carbons (Fsp3) is 0.211. The summed E-state index contributed by atoms with van der Waals surface area (Å²) >= 11 is 0. The minimum atomic E-state index is -3.55. The Morgan fingerprint density at radius 3 is 2.61 bits per heavy atom. The van der Waals surface area contributed by atoms with Crippen molar-refractivity contribution in [2.45, 2.75) is 12.8 Å². The van der Waals surface area contributed by atoms with E-state index in [1.165, 1.54) is 29.5 Å². The summed E-state index contributed by atoms with van der Waals surface area (Å²) in [4.78, 5) is 15.8. The third kappa shape index (κ3) is 5.46. The number of aryl methyl sites for hydroxylation is 1. The molecular formula is C19H19FN4O3S. The first-order valence-electron chi connectivity index (χ1n) is 8.62. The lowest BCUT2D eigenvalue weighted by atomic mass is 10.1. The number of sulfone groups is 1. The second kappa shape index (κ2) is 8.75. The van der Waals surface area contributed by atoms with Crippen LogP contribution in [-0.4, -0.2) is 40.6 Å². The number of carbonyl (C=O) groups is 1. The molecule has 3 aromatic rings. The second-order valence-electron chi connectivity index (χ2n) is 6.24. The molecule has 0 aliphatic carbocycles. The molecule has 1 aromatic heterocycles. The van der Waals surface area contributed by atoms with Gasteiger partial charge < -0.3 is 5.32 Å². The van der Waals surface area contributed by atoms with E-state index in [9.17, 15) is 17.6 Å². The minimum absolute atomic E-state index is 0.0884. The van der Waals surface area contributed by atoms with Gasteiger partial charge in [0.15, 0.2) is 15.7 Å². The third-order valence-corrected chi connectivity index (χ3v) is 5.62. The van der Waals surface area contributed by atoms with Gasteiger partial charge in [0.05, 0.1) is 5.75 Å². The number of carbonyl (C=O) groups excluding carboxylic acids is 1. The number of halogens is 1. The zero-order valence-electron chi connectivity index (χ0n) is 15.0. The molecule has 1 N–H and O–H groups in total. The molecular weight excluding hydrogens is 383 g/mol. The standard InChI is InChI=1S/C19H19FN4O3S/c20-17-11-16(8-9-18(17)24-14-21-13-22-24)23-19(25)12-28(26,27)10-4-7-15-5-2-1-3-6-15/h1-3,5-6,8-9,11,13-14H,4,7,10,12H2,(H,23,25). The van der Waals surface area contributed by atoms with Crippen LogP contribution in [0.5, 0.6) is 0 Å². The largest absolute Gasteiger partial charge is 0.325 e. The Hall–Kier alpha value is -3.07. The Morgan fingerprint density at radius 2 is 1.93 bits per heavy atom. The van der Waals surface area contributed by atoms with Crippen molar-refractivity contribution < 1.29 is 17.6 Å². The predicted octanol–water partition coefficient (Wildman–Crippen LogP) is 2.39. The molecule has 0 spiro atoms. The van der Waals surface area contributed by atoms with E-state index in [0.29, 0.717) is 12.8 Å². The maximum absolute atomic E-state index is 14.2. The molecule has 0 fully saturated rings. The number of hydrogen-bond acceptors (Lipinski definition) is 5. The molecule has 0 unspecified atom stereocenters. The van der Waals surface area contributed by atoms with Gasteiger partial charge in [-0.2, -0.15) is 5.10 Å². The van der Waals surface area contributed by atoms with Crippen molar-refractivity contribution >= 4 is 21.4 Å². The van der Waals surface area contributed by atoms with Crippen LogP contribution in [0.1, 0.15) is 12.0 Å². The van der Waals surface area contributed by atoms with Crippen LogP contribution < -0.4 is 5.32 Å². The summed E-state index contributed by atoms with van der Waals surface area (Å²) in [6, 6.07) is 13.5. The first kappa shape index (κ1) is 19.7. The smallest absolute Gasteiger partial charge is 0.239 e. The van der Waals surface area contributed by atoms with Gasteiger partial charge in [-0.05, 0) is 36.6 Å². The lowest BCUT2D eigenvalue weighted by Crippen LogP contribution is -2.25. The van der Waals surface area contributed by atoms with Gasteiger partial charge in [-0.1, -0.05) is 30.3 Å². The van der Waals surface area contributed by atoms with Crippen molar-refractivity contribution in [3.63, 3.8) is 0 Å². The zero-order valence-corrected chi connectivity index (χ0v) is 15.8. The zero-order chi connectivity index (χ0) is 20.0. The molecule has 146 valence electrons. The van der Waals surface area contributed by atoms with Crippen LogP contribution in [0.3, 0.4) is 0 Å². The number of hydrogen-bond donors (Lipinski definition) is 1. The fourth-order valence-corrected chi connectivity index (χ4v) is 3.91. The Kier molecular flexibility index (Phi) is 6.15. The normalized spacial score (nSPS) is 11.3. The molecule has 9 heteroatoms. The lowest BCUT2D eigenvalue weighted by molar-refractivity contribution is -0.113. The monoisotopic (exact) mass is 402 g/mol. The van der Waals surface area contributed by atoms with Gasteiger partial charge in [-0.3, -0.25) is 4.79 Å². The van der Waals surface area contributed by atoms with Crippen molar-refractivity contribution in [3.05, 3.63) is 72.6 Å². The summed E-state index contributed by atoms with van der Waals surface area (Å²) in [7, 11) is -3.55.